The van der Waals surface area contributed by atoms with Gasteiger partial charge in [0, 0.05) is 12.7 Å². The molecule has 0 saturated carbocycles. The topological polar surface area (TPSA) is 72.5 Å². The third kappa shape index (κ3) is 4.17. The van der Waals surface area contributed by atoms with Gasteiger partial charge >= 0.3 is 0 Å². The molecular formula is C9H17NO4S. The van der Waals surface area contributed by atoms with Crippen molar-refractivity contribution >= 4 is 16.3 Å². The minimum absolute atomic E-state index is 0.215. The molecule has 1 atom stereocenters. The summed E-state index contributed by atoms with van der Waals surface area (Å²) in [6.07, 6.45) is 3.39. The summed E-state index contributed by atoms with van der Waals surface area (Å²) in [7, 11) is -3.30. The van der Waals surface area contributed by atoms with E-state index in [-0.39, 0.29) is 6.47 Å². The van der Waals surface area contributed by atoms with Crippen molar-refractivity contribution in [2.45, 2.75) is 24.7 Å². The fraction of sp³-hybridized carbons (Fsp3) is 0.889. The second kappa shape index (κ2) is 5.46. The molecule has 5 nitrogen and oxygen atoms in total. The first-order valence-electron chi connectivity index (χ1n) is 5.02. The lowest BCUT2D eigenvalue weighted by Crippen LogP contribution is -2.32. The Morgan fingerprint density at radius 2 is 2.07 bits per heavy atom. The SMILES string of the molecule is CS(=O)(=O)C(CC1CCNCC1)OC=O. The summed E-state index contributed by atoms with van der Waals surface area (Å²) in [6.45, 7) is 2.03. The van der Waals surface area contributed by atoms with E-state index in [1.165, 1.54) is 0 Å². The molecule has 0 bridgehead atoms. The van der Waals surface area contributed by atoms with Crippen molar-refractivity contribution in [3.8, 4) is 0 Å². The molecule has 1 rings (SSSR count). The highest BCUT2D eigenvalue weighted by molar-refractivity contribution is 7.91. The lowest BCUT2D eigenvalue weighted by Gasteiger charge is -2.25. The fourth-order valence-electron chi connectivity index (χ4n) is 1.78. The van der Waals surface area contributed by atoms with Gasteiger partial charge in [-0.25, -0.2) is 8.42 Å². The van der Waals surface area contributed by atoms with Gasteiger partial charge < -0.3 is 10.1 Å². The molecule has 0 aromatic carbocycles. The molecule has 15 heavy (non-hydrogen) atoms. The van der Waals surface area contributed by atoms with Gasteiger partial charge in [0.1, 0.15) is 0 Å². The zero-order valence-corrected chi connectivity index (χ0v) is 9.63. The molecule has 0 aromatic rings. The molecule has 1 unspecified atom stereocenters. The quantitative estimate of drug-likeness (QED) is 0.675. The molecule has 1 heterocycles. The van der Waals surface area contributed by atoms with Gasteiger partial charge in [-0.15, -0.1) is 0 Å². The summed E-state index contributed by atoms with van der Waals surface area (Å²) >= 11 is 0. The van der Waals surface area contributed by atoms with Crippen LogP contribution in [-0.2, 0) is 19.4 Å². The van der Waals surface area contributed by atoms with Gasteiger partial charge in [-0.2, -0.15) is 0 Å². The van der Waals surface area contributed by atoms with Gasteiger partial charge in [0.2, 0.25) is 5.44 Å². The summed E-state index contributed by atoms with van der Waals surface area (Å²) in [4.78, 5) is 10.2. The van der Waals surface area contributed by atoms with Crippen LogP contribution in [0.4, 0.5) is 0 Å². The Hall–Kier alpha value is -0.620. The molecule has 0 aliphatic carbocycles. The molecule has 1 aliphatic rings. The second-order valence-corrected chi connectivity index (χ2v) is 6.11. The molecule has 0 radical (unpaired) electrons. The molecule has 1 fully saturated rings. The first kappa shape index (κ1) is 12.4. The molecule has 0 spiro atoms. The Labute approximate surface area is 90.1 Å². The Balaban J connectivity index is 2.53. The molecule has 1 saturated heterocycles. The maximum atomic E-state index is 11.3. The highest BCUT2D eigenvalue weighted by Gasteiger charge is 2.26. The van der Waals surface area contributed by atoms with Crippen molar-refractivity contribution < 1.29 is 17.9 Å². The molecule has 1 N–H and O–H groups in total. The maximum Gasteiger partial charge on any atom is 0.294 e. The predicted molar refractivity (Wildman–Crippen MR) is 56.0 cm³/mol. The highest BCUT2D eigenvalue weighted by Crippen LogP contribution is 2.21. The number of ether oxygens (including phenoxy) is 1. The standard InChI is InChI=1S/C9H17NO4S/c1-15(12,13)9(14-7-11)6-8-2-4-10-5-3-8/h7-10H,2-6H2,1H3. The summed E-state index contributed by atoms with van der Waals surface area (Å²) in [5.74, 6) is 0.325. The van der Waals surface area contributed by atoms with Crippen LogP contribution >= 0.6 is 0 Å². The van der Waals surface area contributed by atoms with E-state index in [9.17, 15) is 13.2 Å². The largest absolute Gasteiger partial charge is 0.448 e. The Bertz CT molecular complexity index is 295. The van der Waals surface area contributed by atoms with Crippen molar-refractivity contribution in [2.24, 2.45) is 5.92 Å². The maximum absolute atomic E-state index is 11.3. The number of carbonyl (C=O) groups is 1. The smallest absolute Gasteiger partial charge is 0.294 e. The zero-order chi connectivity index (χ0) is 11.3. The van der Waals surface area contributed by atoms with Crippen LogP contribution < -0.4 is 5.32 Å². The number of hydrogen-bond acceptors (Lipinski definition) is 5. The van der Waals surface area contributed by atoms with Crippen LogP contribution in [0.1, 0.15) is 19.3 Å². The van der Waals surface area contributed by atoms with E-state index in [1.54, 1.807) is 0 Å². The van der Waals surface area contributed by atoms with Crippen LogP contribution in [0.3, 0.4) is 0 Å². The van der Waals surface area contributed by atoms with Crippen LogP contribution in [0.5, 0.6) is 0 Å². The third-order valence-electron chi connectivity index (χ3n) is 2.67. The van der Waals surface area contributed by atoms with Gasteiger partial charge in [-0.1, -0.05) is 0 Å². The van der Waals surface area contributed by atoms with Crippen LogP contribution in [-0.4, -0.2) is 39.7 Å². The molecule has 88 valence electrons. The summed E-state index contributed by atoms with van der Waals surface area (Å²) in [5, 5.41) is 3.20. The van der Waals surface area contributed by atoms with E-state index in [2.05, 4.69) is 10.1 Å². The fourth-order valence-corrected chi connectivity index (χ4v) is 2.65. The van der Waals surface area contributed by atoms with Crippen molar-refractivity contribution in [3.05, 3.63) is 0 Å². The van der Waals surface area contributed by atoms with Gasteiger partial charge in [0.25, 0.3) is 6.47 Å². The van der Waals surface area contributed by atoms with E-state index >= 15 is 0 Å². The first-order valence-corrected chi connectivity index (χ1v) is 6.98. The lowest BCUT2D eigenvalue weighted by molar-refractivity contribution is -0.130. The minimum Gasteiger partial charge on any atom is -0.448 e. The Kier molecular flexibility index (Phi) is 4.53. The lowest BCUT2D eigenvalue weighted by atomic mass is 9.95. The van der Waals surface area contributed by atoms with Crippen LogP contribution in [0.25, 0.3) is 0 Å². The van der Waals surface area contributed by atoms with Crippen LogP contribution in [0, 0.1) is 5.92 Å². The molecule has 0 amide bonds. The van der Waals surface area contributed by atoms with Crippen molar-refractivity contribution in [1.29, 1.82) is 0 Å². The normalized spacial score (nSPS) is 20.9. The summed E-state index contributed by atoms with van der Waals surface area (Å²) in [5.41, 5.74) is -0.974. The molecule has 1 aliphatic heterocycles. The van der Waals surface area contributed by atoms with Gasteiger partial charge in [-0.05, 0) is 31.8 Å². The average Bonchev–Trinajstić information content (AvgIpc) is 2.17. The Morgan fingerprint density at radius 3 is 2.53 bits per heavy atom. The van der Waals surface area contributed by atoms with Crippen molar-refractivity contribution in [2.75, 3.05) is 19.3 Å². The molecular weight excluding hydrogens is 218 g/mol. The first-order chi connectivity index (χ1) is 7.04. The summed E-state index contributed by atoms with van der Waals surface area (Å²) in [6, 6.07) is 0. The number of hydrogen-bond donors (Lipinski definition) is 1. The third-order valence-corrected chi connectivity index (χ3v) is 3.93. The average molecular weight is 235 g/mol. The zero-order valence-electron chi connectivity index (χ0n) is 8.81. The summed E-state index contributed by atoms with van der Waals surface area (Å²) < 4.78 is 27.2. The van der Waals surface area contributed by atoms with Crippen molar-refractivity contribution in [1.82, 2.24) is 5.32 Å². The van der Waals surface area contributed by atoms with E-state index in [0.717, 1.165) is 32.2 Å². The van der Waals surface area contributed by atoms with E-state index < -0.39 is 15.3 Å². The number of piperidine rings is 1. The van der Waals surface area contributed by atoms with Crippen LogP contribution in [0.15, 0.2) is 0 Å². The molecule has 6 heteroatoms. The van der Waals surface area contributed by atoms with Gasteiger partial charge in [0.05, 0.1) is 0 Å². The predicted octanol–water partition coefficient (Wildman–Crippen LogP) is -0.0802. The van der Waals surface area contributed by atoms with Gasteiger partial charge in [0.15, 0.2) is 9.84 Å². The Morgan fingerprint density at radius 1 is 1.47 bits per heavy atom. The monoisotopic (exact) mass is 235 g/mol. The van der Waals surface area contributed by atoms with E-state index in [4.69, 9.17) is 0 Å². The second-order valence-electron chi connectivity index (χ2n) is 3.92. The molecule has 0 aromatic heterocycles. The van der Waals surface area contributed by atoms with Crippen molar-refractivity contribution in [3.63, 3.8) is 0 Å². The number of rotatable bonds is 5. The number of carbonyl (C=O) groups excluding carboxylic acids is 1. The van der Waals surface area contributed by atoms with E-state index in [0.29, 0.717) is 12.3 Å². The van der Waals surface area contributed by atoms with Crippen LogP contribution in [0.2, 0.25) is 0 Å². The number of nitrogens with one attached hydrogen (secondary N) is 1. The number of sulfone groups is 1. The highest BCUT2D eigenvalue weighted by atomic mass is 32.2. The van der Waals surface area contributed by atoms with E-state index in [1.807, 2.05) is 0 Å². The minimum atomic E-state index is -3.30. The van der Waals surface area contributed by atoms with Gasteiger partial charge in [-0.3, -0.25) is 4.79 Å².